The Bertz CT molecular complexity index is 572. The number of carbonyl (C=O) groups excluding carboxylic acids is 1. The minimum Gasteiger partial charge on any atom is -0.325 e. The second kappa shape index (κ2) is 6.14. The summed E-state index contributed by atoms with van der Waals surface area (Å²) < 4.78 is 37.7. The highest BCUT2D eigenvalue weighted by Crippen LogP contribution is 2.31. The molecule has 0 bridgehead atoms. The Labute approximate surface area is 119 Å². The number of nitrogens with zero attached hydrogens (tertiary/aromatic N) is 1. The van der Waals surface area contributed by atoms with Crippen LogP contribution in [0.4, 0.5) is 18.9 Å². The number of alkyl halides is 3. The molecule has 1 amide bonds. The van der Waals surface area contributed by atoms with Crippen LogP contribution in [0.5, 0.6) is 0 Å². The molecule has 7 heteroatoms. The molecule has 1 fully saturated rings. The highest BCUT2D eigenvalue weighted by atomic mass is 19.4. The van der Waals surface area contributed by atoms with Crippen LogP contribution >= 0.6 is 0 Å². The van der Waals surface area contributed by atoms with Crippen LogP contribution in [0.25, 0.3) is 0 Å². The first kappa shape index (κ1) is 15.3. The topological polar surface area (TPSA) is 64.9 Å². The molecule has 1 heterocycles. The lowest BCUT2D eigenvalue weighted by Crippen LogP contribution is -2.27. The molecule has 0 spiro atoms. The van der Waals surface area contributed by atoms with Gasteiger partial charge in [0, 0.05) is 12.5 Å². The largest absolute Gasteiger partial charge is 0.416 e. The number of nitrogens with one attached hydrogen (secondary N) is 2. The van der Waals surface area contributed by atoms with Gasteiger partial charge < -0.3 is 10.6 Å². The van der Waals surface area contributed by atoms with Gasteiger partial charge in [0.2, 0.25) is 5.91 Å². The molecule has 4 nitrogen and oxygen atoms in total. The van der Waals surface area contributed by atoms with E-state index in [1.165, 1.54) is 0 Å². The van der Waals surface area contributed by atoms with Crippen molar-refractivity contribution in [2.24, 2.45) is 0 Å². The zero-order chi connectivity index (χ0) is 15.5. The van der Waals surface area contributed by atoms with E-state index >= 15 is 0 Å². The summed E-state index contributed by atoms with van der Waals surface area (Å²) in [7, 11) is 0. The van der Waals surface area contributed by atoms with Gasteiger partial charge in [0.05, 0.1) is 16.8 Å². The molecule has 1 aromatic carbocycles. The molecule has 1 aliphatic heterocycles. The molecule has 1 saturated heterocycles. The van der Waals surface area contributed by atoms with Crippen LogP contribution in [0.3, 0.4) is 0 Å². The summed E-state index contributed by atoms with van der Waals surface area (Å²) in [5, 5.41) is 14.6. The SMILES string of the molecule is N#Cc1cc(C(F)(F)F)ccc1NC(=O)CC1CCCN1. The minimum absolute atomic E-state index is 0.0879. The van der Waals surface area contributed by atoms with Gasteiger partial charge in [0.15, 0.2) is 0 Å². The maximum Gasteiger partial charge on any atom is 0.416 e. The van der Waals surface area contributed by atoms with Crippen LogP contribution in [0.2, 0.25) is 0 Å². The summed E-state index contributed by atoms with van der Waals surface area (Å²) in [5.41, 5.74) is -0.999. The van der Waals surface area contributed by atoms with Crippen molar-refractivity contribution in [1.29, 1.82) is 5.26 Å². The quantitative estimate of drug-likeness (QED) is 0.901. The first-order chi connectivity index (χ1) is 9.90. The van der Waals surface area contributed by atoms with E-state index < -0.39 is 11.7 Å². The number of hydrogen-bond donors (Lipinski definition) is 2. The lowest BCUT2D eigenvalue weighted by atomic mass is 10.1. The van der Waals surface area contributed by atoms with Crippen molar-refractivity contribution in [3.8, 4) is 6.07 Å². The predicted octanol–water partition coefficient (Wildman–Crippen LogP) is 2.66. The Morgan fingerprint density at radius 1 is 1.48 bits per heavy atom. The zero-order valence-corrected chi connectivity index (χ0v) is 11.1. The first-order valence-corrected chi connectivity index (χ1v) is 6.54. The van der Waals surface area contributed by atoms with Gasteiger partial charge in [-0.3, -0.25) is 4.79 Å². The molecule has 21 heavy (non-hydrogen) atoms. The summed E-state index contributed by atoms with van der Waals surface area (Å²) in [6.45, 7) is 0.863. The monoisotopic (exact) mass is 297 g/mol. The molecular formula is C14H14F3N3O. The zero-order valence-electron chi connectivity index (χ0n) is 11.1. The van der Waals surface area contributed by atoms with Gasteiger partial charge in [-0.2, -0.15) is 18.4 Å². The van der Waals surface area contributed by atoms with Crippen LogP contribution in [0.1, 0.15) is 30.4 Å². The van der Waals surface area contributed by atoms with E-state index in [1.54, 1.807) is 6.07 Å². The Balaban J connectivity index is 2.09. The summed E-state index contributed by atoms with van der Waals surface area (Å²) in [6, 6.07) is 4.47. The second-order valence-electron chi connectivity index (χ2n) is 4.92. The van der Waals surface area contributed by atoms with Crippen molar-refractivity contribution in [1.82, 2.24) is 5.32 Å². The number of hydrogen-bond acceptors (Lipinski definition) is 3. The molecule has 1 aliphatic rings. The van der Waals surface area contributed by atoms with E-state index in [9.17, 15) is 18.0 Å². The molecule has 1 unspecified atom stereocenters. The molecule has 0 aromatic heterocycles. The number of amides is 1. The third-order valence-electron chi connectivity index (χ3n) is 3.34. The van der Waals surface area contributed by atoms with Crippen molar-refractivity contribution in [2.45, 2.75) is 31.5 Å². The van der Waals surface area contributed by atoms with Gasteiger partial charge in [0.1, 0.15) is 6.07 Å². The van der Waals surface area contributed by atoms with Crippen LogP contribution in [0.15, 0.2) is 18.2 Å². The number of anilines is 1. The molecule has 0 radical (unpaired) electrons. The minimum atomic E-state index is -4.51. The number of carbonyl (C=O) groups is 1. The van der Waals surface area contributed by atoms with E-state index in [0.29, 0.717) is 0 Å². The smallest absolute Gasteiger partial charge is 0.325 e. The average Bonchev–Trinajstić information content (AvgIpc) is 2.90. The Morgan fingerprint density at radius 2 is 2.24 bits per heavy atom. The van der Waals surface area contributed by atoms with Gasteiger partial charge >= 0.3 is 6.18 Å². The normalized spacial score (nSPS) is 18.3. The lowest BCUT2D eigenvalue weighted by Gasteiger charge is -2.13. The van der Waals surface area contributed by atoms with Crippen LogP contribution in [-0.4, -0.2) is 18.5 Å². The van der Waals surface area contributed by atoms with Crippen molar-refractivity contribution in [3.63, 3.8) is 0 Å². The van der Waals surface area contributed by atoms with Crippen molar-refractivity contribution in [2.75, 3.05) is 11.9 Å². The number of benzene rings is 1. The number of rotatable bonds is 3. The fourth-order valence-electron chi connectivity index (χ4n) is 2.28. The van der Waals surface area contributed by atoms with Gasteiger partial charge in [0.25, 0.3) is 0 Å². The van der Waals surface area contributed by atoms with Crippen molar-refractivity contribution >= 4 is 11.6 Å². The molecule has 112 valence electrons. The second-order valence-corrected chi connectivity index (χ2v) is 4.92. The molecule has 2 N–H and O–H groups in total. The van der Waals surface area contributed by atoms with E-state index in [0.717, 1.165) is 37.6 Å². The summed E-state index contributed by atoms with van der Waals surface area (Å²) >= 11 is 0. The first-order valence-electron chi connectivity index (χ1n) is 6.54. The molecular weight excluding hydrogens is 283 g/mol. The molecule has 1 aromatic rings. The Morgan fingerprint density at radius 3 is 2.81 bits per heavy atom. The Kier molecular flexibility index (Phi) is 4.48. The van der Waals surface area contributed by atoms with Crippen LogP contribution in [0, 0.1) is 11.3 Å². The van der Waals surface area contributed by atoms with Gasteiger partial charge in [-0.15, -0.1) is 0 Å². The maximum absolute atomic E-state index is 12.6. The highest BCUT2D eigenvalue weighted by molar-refractivity contribution is 5.92. The van der Waals surface area contributed by atoms with Gasteiger partial charge in [-0.05, 0) is 37.6 Å². The number of halogens is 3. The third-order valence-corrected chi connectivity index (χ3v) is 3.34. The number of nitriles is 1. The van der Waals surface area contributed by atoms with Crippen LogP contribution in [-0.2, 0) is 11.0 Å². The third kappa shape index (κ3) is 3.95. The van der Waals surface area contributed by atoms with Gasteiger partial charge in [-0.1, -0.05) is 0 Å². The Hall–Kier alpha value is -2.07. The summed E-state index contributed by atoms with van der Waals surface area (Å²) in [4.78, 5) is 11.8. The van der Waals surface area contributed by atoms with Crippen molar-refractivity contribution < 1.29 is 18.0 Å². The van der Waals surface area contributed by atoms with Gasteiger partial charge in [-0.25, -0.2) is 0 Å². The van der Waals surface area contributed by atoms with E-state index in [4.69, 9.17) is 5.26 Å². The summed E-state index contributed by atoms with van der Waals surface area (Å²) in [5.74, 6) is -0.314. The molecule has 2 rings (SSSR count). The fourth-order valence-corrected chi connectivity index (χ4v) is 2.28. The predicted molar refractivity (Wildman–Crippen MR) is 70.4 cm³/mol. The van der Waals surface area contributed by atoms with Crippen LogP contribution < -0.4 is 10.6 Å². The molecule has 1 atom stereocenters. The van der Waals surface area contributed by atoms with E-state index in [1.807, 2.05) is 0 Å². The highest BCUT2D eigenvalue weighted by Gasteiger charge is 2.31. The average molecular weight is 297 g/mol. The maximum atomic E-state index is 12.6. The van der Waals surface area contributed by atoms with E-state index in [2.05, 4.69) is 10.6 Å². The fraction of sp³-hybridized carbons (Fsp3) is 0.429. The molecule has 0 aliphatic carbocycles. The van der Waals surface area contributed by atoms with Crippen molar-refractivity contribution in [3.05, 3.63) is 29.3 Å². The van der Waals surface area contributed by atoms with E-state index in [-0.39, 0.29) is 29.6 Å². The lowest BCUT2D eigenvalue weighted by molar-refractivity contribution is -0.137. The summed E-state index contributed by atoms with van der Waals surface area (Å²) in [6.07, 6.45) is -2.37. The molecule has 0 saturated carbocycles. The standard InChI is InChI=1S/C14H14F3N3O/c15-14(16,17)10-3-4-12(9(6-10)8-18)20-13(21)7-11-2-1-5-19-11/h3-4,6,11,19H,1-2,5,7H2,(H,20,21).